The predicted molar refractivity (Wildman–Crippen MR) is 75.8 cm³/mol. The van der Waals surface area contributed by atoms with Crippen molar-refractivity contribution in [2.75, 3.05) is 18.4 Å². The van der Waals surface area contributed by atoms with Crippen molar-refractivity contribution in [2.24, 2.45) is 4.99 Å². The van der Waals surface area contributed by atoms with E-state index in [1.807, 2.05) is 0 Å². The minimum absolute atomic E-state index is 0.132. The Bertz CT molecular complexity index is 376. The van der Waals surface area contributed by atoms with Crippen LogP contribution in [-0.4, -0.2) is 39.5 Å². The third-order valence-electron chi connectivity index (χ3n) is 2.31. The molecule has 5 nitrogen and oxygen atoms in total. The summed E-state index contributed by atoms with van der Waals surface area (Å²) in [6.45, 7) is 12.3. The zero-order valence-electron chi connectivity index (χ0n) is 11.9. The van der Waals surface area contributed by atoms with Gasteiger partial charge in [0.1, 0.15) is 0 Å². The van der Waals surface area contributed by atoms with Gasteiger partial charge in [0.05, 0.1) is 11.7 Å². The largest absolute Gasteiger partial charge is 0.343 e. The first-order valence-electron chi connectivity index (χ1n) is 6.34. The van der Waals surface area contributed by atoms with Crippen molar-refractivity contribution in [1.82, 2.24) is 14.9 Å². The van der Waals surface area contributed by atoms with Gasteiger partial charge in [0.15, 0.2) is 11.8 Å². The molecule has 0 saturated heterocycles. The number of anilines is 1. The van der Waals surface area contributed by atoms with Crippen LogP contribution >= 0.6 is 0 Å². The molecule has 1 aromatic heterocycles. The average molecular weight is 249 g/mol. The second-order valence-electron chi connectivity index (χ2n) is 4.99. The Hall–Kier alpha value is -1.65. The van der Waals surface area contributed by atoms with Crippen molar-refractivity contribution < 1.29 is 0 Å². The molecule has 0 atom stereocenters. The predicted octanol–water partition coefficient (Wildman–Crippen LogP) is 2.38. The molecule has 0 radical (unpaired) electrons. The molecule has 0 spiro atoms. The van der Waals surface area contributed by atoms with Gasteiger partial charge in [-0.2, -0.15) is 0 Å². The van der Waals surface area contributed by atoms with Crippen molar-refractivity contribution >= 4 is 11.8 Å². The quantitative estimate of drug-likeness (QED) is 0.660. The molecule has 100 valence electrons. The van der Waals surface area contributed by atoms with Gasteiger partial charge in [0.25, 0.3) is 0 Å². The van der Waals surface area contributed by atoms with Crippen LogP contribution in [0.5, 0.6) is 0 Å². The van der Waals surface area contributed by atoms with Crippen LogP contribution in [0.2, 0.25) is 0 Å². The van der Waals surface area contributed by atoms with E-state index in [0.29, 0.717) is 5.82 Å². The van der Waals surface area contributed by atoms with Crippen LogP contribution < -0.4 is 5.32 Å². The fourth-order valence-corrected chi connectivity index (χ4v) is 1.50. The molecule has 0 aliphatic carbocycles. The lowest BCUT2D eigenvalue weighted by molar-refractivity contribution is 0.450. The van der Waals surface area contributed by atoms with E-state index >= 15 is 0 Å². The van der Waals surface area contributed by atoms with Crippen LogP contribution in [0, 0.1) is 0 Å². The maximum absolute atomic E-state index is 4.71. The van der Waals surface area contributed by atoms with Crippen LogP contribution in [0.3, 0.4) is 0 Å². The maximum Gasteiger partial charge on any atom is 0.200 e. The number of hydrogen-bond acceptors (Lipinski definition) is 3. The summed E-state index contributed by atoms with van der Waals surface area (Å²) in [6.07, 6.45) is 5.02. The number of guanidine groups is 1. The molecule has 0 aliphatic heterocycles. The Balaban J connectivity index is 2.95. The fourth-order valence-electron chi connectivity index (χ4n) is 1.50. The standard InChI is InChI=1S/C13H23N5/c1-6-18(7-2)12(17-13(3,4)5)16-11-10-14-8-9-15-11/h8-10H,6-7H2,1-5H3,(H,15,16,17). The van der Waals surface area contributed by atoms with Gasteiger partial charge < -0.3 is 10.2 Å². The second kappa shape index (κ2) is 6.33. The summed E-state index contributed by atoms with van der Waals surface area (Å²) in [6, 6.07) is 0. The van der Waals surface area contributed by atoms with Gasteiger partial charge in [0.2, 0.25) is 0 Å². The SMILES string of the molecule is CCN(CC)C(=NC(C)(C)C)Nc1cnccn1. The van der Waals surface area contributed by atoms with Gasteiger partial charge in [-0.25, -0.2) is 9.98 Å². The lowest BCUT2D eigenvalue weighted by atomic mass is 10.1. The number of aliphatic imine (C=N–C) groups is 1. The van der Waals surface area contributed by atoms with Crippen molar-refractivity contribution in [1.29, 1.82) is 0 Å². The first-order chi connectivity index (χ1) is 8.46. The van der Waals surface area contributed by atoms with Crippen LogP contribution in [0.1, 0.15) is 34.6 Å². The minimum Gasteiger partial charge on any atom is -0.343 e. The van der Waals surface area contributed by atoms with E-state index in [1.54, 1.807) is 18.6 Å². The monoisotopic (exact) mass is 249 g/mol. The number of aromatic nitrogens is 2. The highest BCUT2D eigenvalue weighted by molar-refractivity contribution is 5.92. The molecule has 0 aromatic carbocycles. The Morgan fingerprint density at radius 2 is 1.94 bits per heavy atom. The molecule has 1 rings (SSSR count). The van der Waals surface area contributed by atoms with Gasteiger partial charge in [-0.3, -0.25) is 4.98 Å². The summed E-state index contributed by atoms with van der Waals surface area (Å²) >= 11 is 0. The molecule has 18 heavy (non-hydrogen) atoms. The van der Waals surface area contributed by atoms with Crippen molar-refractivity contribution in [3.8, 4) is 0 Å². The van der Waals surface area contributed by atoms with Gasteiger partial charge in [-0.05, 0) is 34.6 Å². The second-order valence-corrected chi connectivity index (χ2v) is 4.99. The summed E-state index contributed by atoms with van der Waals surface area (Å²) in [5, 5.41) is 3.24. The average Bonchev–Trinajstić information content (AvgIpc) is 2.29. The first-order valence-corrected chi connectivity index (χ1v) is 6.34. The lowest BCUT2D eigenvalue weighted by Crippen LogP contribution is -2.38. The smallest absolute Gasteiger partial charge is 0.200 e. The van der Waals surface area contributed by atoms with Crippen LogP contribution in [0.15, 0.2) is 23.6 Å². The molecule has 1 aromatic rings. The molecule has 1 N–H and O–H groups in total. The molecule has 5 heteroatoms. The summed E-state index contributed by atoms with van der Waals surface area (Å²) < 4.78 is 0. The van der Waals surface area contributed by atoms with Crippen molar-refractivity contribution in [3.05, 3.63) is 18.6 Å². The minimum atomic E-state index is -0.132. The lowest BCUT2D eigenvalue weighted by Gasteiger charge is -2.26. The van der Waals surface area contributed by atoms with E-state index in [4.69, 9.17) is 4.99 Å². The zero-order chi connectivity index (χ0) is 13.6. The van der Waals surface area contributed by atoms with Crippen LogP contribution in [-0.2, 0) is 0 Å². The van der Waals surface area contributed by atoms with E-state index in [9.17, 15) is 0 Å². The van der Waals surface area contributed by atoms with Gasteiger partial charge >= 0.3 is 0 Å². The third kappa shape index (κ3) is 4.69. The van der Waals surface area contributed by atoms with Gasteiger partial charge in [-0.1, -0.05) is 0 Å². The molecule has 0 bridgehead atoms. The first kappa shape index (κ1) is 14.4. The summed E-state index contributed by atoms with van der Waals surface area (Å²) in [5.74, 6) is 1.56. The molecular weight excluding hydrogens is 226 g/mol. The summed E-state index contributed by atoms with van der Waals surface area (Å²) in [4.78, 5) is 15.1. The van der Waals surface area contributed by atoms with E-state index in [1.165, 1.54) is 0 Å². The number of hydrogen-bond donors (Lipinski definition) is 1. The Morgan fingerprint density at radius 1 is 1.28 bits per heavy atom. The third-order valence-corrected chi connectivity index (χ3v) is 2.31. The van der Waals surface area contributed by atoms with Crippen LogP contribution in [0.4, 0.5) is 5.82 Å². The number of nitrogens with zero attached hydrogens (tertiary/aromatic N) is 4. The fraction of sp³-hybridized carbons (Fsp3) is 0.615. The highest BCUT2D eigenvalue weighted by Gasteiger charge is 2.14. The molecule has 0 fully saturated rings. The molecule has 1 heterocycles. The van der Waals surface area contributed by atoms with Crippen molar-refractivity contribution in [2.45, 2.75) is 40.2 Å². The number of nitrogens with one attached hydrogen (secondary N) is 1. The molecule has 0 aliphatic rings. The topological polar surface area (TPSA) is 53.4 Å². The highest BCUT2D eigenvalue weighted by Crippen LogP contribution is 2.10. The van der Waals surface area contributed by atoms with Gasteiger partial charge in [-0.15, -0.1) is 0 Å². The summed E-state index contributed by atoms with van der Waals surface area (Å²) in [5.41, 5.74) is -0.132. The van der Waals surface area contributed by atoms with E-state index < -0.39 is 0 Å². The molecular formula is C13H23N5. The Morgan fingerprint density at radius 3 is 2.39 bits per heavy atom. The van der Waals surface area contributed by atoms with Crippen LogP contribution in [0.25, 0.3) is 0 Å². The zero-order valence-corrected chi connectivity index (χ0v) is 11.9. The Kier molecular flexibility index (Phi) is 5.07. The Labute approximate surface area is 109 Å². The van der Waals surface area contributed by atoms with Crippen molar-refractivity contribution in [3.63, 3.8) is 0 Å². The van der Waals surface area contributed by atoms with E-state index in [2.05, 4.69) is 54.8 Å². The molecule has 0 unspecified atom stereocenters. The number of rotatable bonds is 3. The summed E-state index contributed by atoms with van der Waals surface area (Å²) in [7, 11) is 0. The highest BCUT2D eigenvalue weighted by atomic mass is 15.3. The normalized spacial score (nSPS) is 12.4. The molecule has 0 amide bonds. The van der Waals surface area contributed by atoms with Gasteiger partial charge in [0, 0.05) is 25.5 Å². The maximum atomic E-state index is 4.71. The van der Waals surface area contributed by atoms with E-state index in [0.717, 1.165) is 19.0 Å². The molecule has 0 saturated carbocycles. The van der Waals surface area contributed by atoms with E-state index in [-0.39, 0.29) is 5.54 Å².